The normalized spacial score (nSPS) is 13.3. The summed E-state index contributed by atoms with van der Waals surface area (Å²) in [6.45, 7) is 2.88. The Morgan fingerprint density at radius 2 is 1.66 bits per heavy atom. The maximum atomic E-state index is 13.2. The van der Waals surface area contributed by atoms with E-state index in [0.29, 0.717) is 26.9 Å². The Morgan fingerprint density at radius 3 is 2.20 bits per heavy atom. The molecular formula is C25H26Cl2F3NO4. The van der Waals surface area contributed by atoms with E-state index in [4.69, 9.17) is 27.9 Å². The van der Waals surface area contributed by atoms with Gasteiger partial charge in [-0.3, -0.25) is 14.4 Å². The summed E-state index contributed by atoms with van der Waals surface area (Å²) in [6, 6.07) is 9.88. The SMILES string of the molecule is COc1cccc([C@H](NC(=O)CCc2cc(Cl)cc(Cl)c2)C(=O)C[C@H](C(=O)C(F)(F)F)C(C)C)c1. The maximum Gasteiger partial charge on any atom is 0.450 e. The third kappa shape index (κ3) is 8.54. The van der Waals surface area contributed by atoms with Gasteiger partial charge in [-0.1, -0.05) is 49.2 Å². The summed E-state index contributed by atoms with van der Waals surface area (Å²) >= 11 is 12.0. The number of hydrogen-bond acceptors (Lipinski definition) is 4. The van der Waals surface area contributed by atoms with E-state index >= 15 is 0 Å². The number of carbonyl (C=O) groups excluding carboxylic acids is 3. The summed E-state index contributed by atoms with van der Waals surface area (Å²) in [5.41, 5.74) is 1.04. The molecule has 5 nitrogen and oxygen atoms in total. The molecule has 0 saturated heterocycles. The largest absolute Gasteiger partial charge is 0.497 e. The van der Waals surface area contributed by atoms with Gasteiger partial charge in [-0.25, -0.2) is 0 Å². The Morgan fingerprint density at radius 1 is 1.03 bits per heavy atom. The molecule has 2 atom stereocenters. The number of ketones is 2. The highest BCUT2D eigenvalue weighted by atomic mass is 35.5. The number of aryl methyl sites for hydroxylation is 1. The van der Waals surface area contributed by atoms with Crippen LogP contribution in [0.5, 0.6) is 5.75 Å². The fourth-order valence-electron chi connectivity index (χ4n) is 3.59. The molecule has 190 valence electrons. The van der Waals surface area contributed by atoms with Crippen LogP contribution in [0.25, 0.3) is 0 Å². The smallest absolute Gasteiger partial charge is 0.450 e. The van der Waals surface area contributed by atoms with E-state index in [1.165, 1.54) is 27.0 Å². The van der Waals surface area contributed by atoms with Gasteiger partial charge in [0, 0.05) is 28.8 Å². The fourth-order valence-corrected chi connectivity index (χ4v) is 4.16. The number of amides is 1. The molecule has 2 rings (SSSR count). The zero-order valence-corrected chi connectivity index (χ0v) is 20.9. The van der Waals surface area contributed by atoms with Crippen molar-refractivity contribution < 1.29 is 32.3 Å². The molecule has 2 aromatic carbocycles. The molecule has 1 N–H and O–H groups in total. The Labute approximate surface area is 211 Å². The predicted octanol–water partition coefficient (Wildman–Crippen LogP) is 6.15. The number of rotatable bonds is 11. The van der Waals surface area contributed by atoms with Crippen LogP contribution in [0.4, 0.5) is 13.2 Å². The number of ether oxygens (including phenoxy) is 1. The van der Waals surface area contributed by atoms with Gasteiger partial charge < -0.3 is 10.1 Å². The molecular weight excluding hydrogens is 506 g/mol. The fraction of sp³-hybridized carbons (Fsp3) is 0.400. The summed E-state index contributed by atoms with van der Waals surface area (Å²) < 4.78 is 44.5. The highest BCUT2D eigenvalue weighted by Crippen LogP contribution is 2.30. The van der Waals surface area contributed by atoms with Crippen molar-refractivity contribution in [3.05, 3.63) is 63.6 Å². The monoisotopic (exact) mass is 531 g/mol. The number of Topliss-reactive ketones (excluding diaryl/α,β-unsaturated/α-hetero) is 2. The average molecular weight is 532 g/mol. The average Bonchev–Trinajstić information content (AvgIpc) is 2.77. The molecule has 0 saturated carbocycles. The number of methoxy groups -OCH3 is 1. The minimum Gasteiger partial charge on any atom is -0.497 e. The van der Waals surface area contributed by atoms with Gasteiger partial charge in [0.2, 0.25) is 11.7 Å². The molecule has 0 aliphatic heterocycles. The number of nitrogens with one attached hydrogen (secondary N) is 1. The number of carbonyl (C=O) groups is 3. The van der Waals surface area contributed by atoms with Crippen LogP contribution < -0.4 is 10.1 Å². The molecule has 0 aliphatic rings. The lowest BCUT2D eigenvalue weighted by atomic mass is 9.84. The van der Waals surface area contributed by atoms with Gasteiger partial charge in [-0.15, -0.1) is 0 Å². The minimum atomic E-state index is -5.07. The van der Waals surface area contributed by atoms with Crippen LogP contribution in [-0.4, -0.2) is 30.8 Å². The lowest BCUT2D eigenvalue weighted by molar-refractivity contribution is -0.177. The molecule has 1 amide bonds. The van der Waals surface area contributed by atoms with Crippen LogP contribution in [0.15, 0.2) is 42.5 Å². The second-order valence-corrected chi connectivity index (χ2v) is 9.31. The summed E-state index contributed by atoms with van der Waals surface area (Å²) in [6.07, 6.45) is -5.50. The van der Waals surface area contributed by atoms with Crippen molar-refractivity contribution in [3.63, 3.8) is 0 Å². The Kier molecular flexibility index (Phi) is 10.2. The number of halogens is 5. The molecule has 0 bridgehead atoms. The summed E-state index contributed by atoms with van der Waals surface area (Å²) in [7, 11) is 1.42. The molecule has 0 unspecified atom stereocenters. The van der Waals surface area contributed by atoms with Gasteiger partial charge in [0.1, 0.15) is 11.8 Å². The molecule has 0 aliphatic carbocycles. The van der Waals surface area contributed by atoms with E-state index in [1.54, 1.807) is 36.4 Å². The molecule has 35 heavy (non-hydrogen) atoms. The van der Waals surface area contributed by atoms with E-state index in [2.05, 4.69) is 5.32 Å². The van der Waals surface area contributed by atoms with Crippen molar-refractivity contribution in [2.24, 2.45) is 11.8 Å². The van der Waals surface area contributed by atoms with E-state index in [1.807, 2.05) is 0 Å². The number of hydrogen-bond donors (Lipinski definition) is 1. The van der Waals surface area contributed by atoms with Gasteiger partial charge in [0.05, 0.1) is 7.11 Å². The zero-order chi connectivity index (χ0) is 26.3. The summed E-state index contributed by atoms with van der Waals surface area (Å²) in [5, 5.41) is 3.42. The van der Waals surface area contributed by atoms with Crippen molar-refractivity contribution in [2.75, 3.05) is 7.11 Å². The highest BCUT2D eigenvalue weighted by molar-refractivity contribution is 6.34. The summed E-state index contributed by atoms with van der Waals surface area (Å²) in [4.78, 5) is 37.8. The highest BCUT2D eigenvalue weighted by Gasteiger charge is 2.45. The van der Waals surface area contributed by atoms with Crippen molar-refractivity contribution in [1.82, 2.24) is 5.32 Å². The van der Waals surface area contributed by atoms with Crippen LogP contribution >= 0.6 is 23.2 Å². The van der Waals surface area contributed by atoms with Gasteiger partial charge in [-0.05, 0) is 53.8 Å². The number of alkyl halides is 3. The zero-order valence-electron chi connectivity index (χ0n) is 19.4. The van der Waals surface area contributed by atoms with Crippen molar-refractivity contribution in [2.45, 2.75) is 45.3 Å². The van der Waals surface area contributed by atoms with E-state index in [-0.39, 0.29) is 12.8 Å². The molecule has 0 radical (unpaired) electrons. The lowest BCUT2D eigenvalue weighted by Gasteiger charge is -2.24. The van der Waals surface area contributed by atoms with Crippen molar-refractivity contribution in [3.8, 4) is 5.75 Å². The first-order valence-corrected chi connectivity index (χ1v) is 11.6. The third-order valence-electron chi connectivity index (χ3n) is 5.46. The van der Waals surface area contributed by atoms with Crippen LogP contribution in [0, 0.1) is 11.8 Å². The first kappa shape index (κ1) is 28.7. The van der Waals surface area contributed by atoms with Gasteiger partial charge in [-0.2, -0.15) is 13.2 Å². The Hall–Kier alpha value is -2.58. The second-order valence-electron chi connectivity index (χ2n) is 8.44. The van der Waals surface area contributed by atoms with E-state index in [0.717, 1.165) is 0 Å². The molecule has 0 heterocycles. The summed E-state index contributed by atoms with van der Waals surface area (Å²) in [5.74, 6) is -5.09. The van der Waals surface area contributed by atoms with Crippen molar-refractivity contribution >= 4 is 40.7 Å². The van der Waals surface area contributed by atoms with Gasteiger partial charge in [0.15, 0.2) is 5.78 Å². The standard InChI is InChI=1S/C25H26Cl2F3NO4/c1-14(2)20(24(34)25(28,29)30)13-21(32)23(16-5-4-6-19(11-16)35-3)31-22(33)8-7-15-9-17(26)12-18(27)10-15/h4-6,9-12,14,20,23H,7-8,13H2,1-3H3,(H,31,33)/t20-,23-/m0/s1. The van der Waals surface area contributed by atoms with Gasteiger partial charge in [0.25, 0.3) is 0 Å². The number of benzene rings is 2. The molecule has 10 heteroatoms. The predicted molar refractivity (Wildman–Crippen MR) is 128 cm³/mol. The topological polar surface area (TPSA) is 72.5 Å². The Balaban J connectivity index is 2.26. The lowest BCUT2D eigenvalue weighted by Crippen LogP contribution is -2.39. The molecule has 0 aromatic heterocycles. The molecule has 2 aromatic rings. The second kappa shape index (κ2) is 12.4. The third-order valence-corrected chi connectivity index (χ3v) is 5.90. The maximum absolute atomic E-state index is 13.2. The van der Waals surface area contributed by atoms with Gasteiger partial charge >= 0.3 is 6.18 Å². The first-order chi connectivity index (χ1) is 16.3. The Bertz CT molecular complexity index is 1050. The van der Waals surface area contributed by atoms with Crippen LogP contribution in [0.2, 0.25) is 10.0 Å². The van der Waals surface area contributed by atoms with E-state index < -0.39 is 47.9 Å². The van der Waals surface area contributed by atoms with E-state index in [9.17, 15) is 27.6 Å². The van der Waals surface area contributed by atoms with Crippen molar-refractivity contribution in [1.29, 1.82) is 0 Å². The minimum absolute atomic E-state index is 0.0283. The molecule has 0 fully saturated rings. The molecule has 0 spiro atoms. The van der Waals surface area contributed by atoms with Crippen LogP contribution in [0.1, 0.15) is 43.9 Å². The van der Waals surface area contributed by atoms with Crippen LogP contribution in [0.3, 0.4) is 0 Å². The quantitative estimate of drug-likeness (QED) is 0.377. The first-order valence-electron chi connectivity index (χ1n) is 10.8. The van der Waals surface area contributed by atoms with Crippen LogP contribution in [-0.2, 0) is 20.8 Å².